The number of aryl methyl sites for hydroxylation is 1. The van der Waals surface area contributed by atoms with E-state index in [0.29, 0.717) is 5.56 Å². The van der Waals surface area contributed by atoms with E-state index in [4.69, 9.17) is 0 Å². The topological polar surface area (TPSA) is 72.2 Å². The average molecular weight is 194 g/mol. The summed E-state index contributed by atoms with van der Waals surface area (Å²) in [4.78, 5) is 20.9. The van der Waals surface area contributed by atoms with Crippen molar-refractivity contribution in [1.29, 1.82) is 0 Å². The van der Waals surface area contributed by atoms with Gasteiger partial charge >= 0.3 is 0 Å². The number of nitro groups is 1. The minimum absolute atomic E-state index is 0.0831. The largest absolute Gasteiger partial charge is 0.320 e. The van der Waals surface area contributed by atoms with Crippen LogP contribution in [0, 0.1) is 17.0 Å². The second kappa shape index (κ2) is 3.87. The van der Waals surface area contributed by atoms with Crippen molar-refractivity contribution in [3.05, 3.63) is 33.9 Å². The zero-order valence-corrected chi connectivity index (χ0v) is 7.90. The molecule has 0 radical (unpaired) electrons. The molecule has 5 nitrogen and oxygen atoms in total. The molecule has 0 spiro atoms. The van der Waals surface area contributed by atoms with E-state index < -0.39 is 4.92 Å². The number of hydrogen-bond acceptors (Lipinski definition) is 3. The molecule has 0 aromatic heterocycles. The van der Waals surface area contributed by atoms with Crippen LogP contribution in [0.15, 0.2) is 18.2 Å². The van der Waals surface area contributed by atoms with Crippen LogP contribution >= 0.6 is 0 Å². The Morgan fingerprint density at radius 3 is 2.64 bits per heavy atom. The monoisotopic (exact) mass is 194 g/mol. The molecule has 0 aliphatic carbocycles. The lowest BCUT2D eigenvalue weighted by atomic mass is 10.1. The third-order valence-electron chi connectivity index (χ3n) is 1.75. The first-order chi connectivity index (χ1) is 6.52. The zero-order chi connectivity index (χ0) is 10.7. The van der Waals surface area contributed by atoms with Gasteiger partial charge in [0.25, 0.3) is 5.69 Å². The molecule has 0 unspecified atom stereocenters. The summed E-state index contributed by atoms with van der Waals surface area (Å²) in [5.74, 6) is -0.317. The highest BCUT2D eigenvalue weighted by Crippen LogP contribution is 2.27. The Kier molecular flexibility index (Phi) is 2.81. The van der Waals surface area contributed by atoms with Crippen LogP contribution in [0.4, 0.5) is 11.4 Å². The minimum Gasteiger partial charge on any atom is -0.320 e. The quantitative estimate of drug-likeness (QED) is 0.576. The molecule has 0 aliphatic heterocycles. The number of anilines is 1. The Labute approximate surface area is 80.9 Å². The van der Waals surface area contributed by atoms with Crippen molar-refractivity contribution in [3.63, 3.8) is 0 Å². The molecule has 0 aliphatic rings. The molecule has 0 heterocycles. The van der Waals surface area contributed by atoms with E-state index in [9.17, 15) is 14.9 Å². The van der Waals surface area contributed by atoms with Crippen LogP contribution in [0.3, 0.4) is 0 Å². The van der Waals surface area contributed by atoms with Crippen LogP contribution in [0.5, 0.6) is 0 Å². The number of amides is 1. The number of carbonyl (C=O) groups is 1. The molecule has 1 aromatic rings. The van der Waals surface area contributed by atoms with Crippen molar-refractivity contribution in [2.45, 2.75) is 13.8 Å². The first-order valence-electron chi connectivity index (χ1n) is 4.04. The molecule has 74 valence electrons. The van der Waals surface area contributed by atoms with Crippen molar-refractivity contribution in [2.24, 2.45) is 0 Å². The summed E-state index contributed by atoms with van der Waals surface area (Å²) in [6.45, 7) is 3.02. The first kappa shape index (κ1) is 10.2. The van der Waals surface area contributed by atoms with Gasteiger partial charge in [0, 0.05) is 13.0 Å². The van der Waals surface area contributed by atoms with Gasteiger partial charge in [-0.05, 0) is 12.5 Å². The van der Waals surface area contributed by atoms with Gasteiger partial charge in [-0.2, -0.15) is 0 Å². The lowest BCUT2D eigenvalue weighted by molar-refractivity contribution is -0.384. The smallest absolute Gasteiger partial charge is 0.293 e. The minimum atomic E-state index is -0.516. The van der Waals surface area contributed by atoms with Gasteiger partial charge < -0.3 is 5.32 Å². The maximum absolute atomic E-state index is 10.8. The second-order valence-electron chi connectivity index (χ2n) is 2.91. The Hall–Kier alpha value is -1.91. The van der Waals surface area contributed by atoms with Crippen LogP contribution < -0.4 is 5.32 Å². The molecule has 0 atom stereocenters. The van der Waals surface area contributed by atoms with Crippen molar-refractivity contribution in [1.82, 2.24) is 0 Å². The van der Waals surface area contributed by atoms with Crippen LogP contribution in [0.25, 0.3) is 0 Å². The number of nitrogens with zero attached hydrogens (tertiary/aromatic N) is 1. The molecule has 0 saturated heterocycles. The predicted molar refractivity (Wildman–Crippen MR) is 52.1 cm³/mol. The predicted octanol–water partition coefficient (Wildman–Crippen LogP) is 1.86. The maximum atomic E-state index is 10.8. The molecule has 5 heteroatoms. The molecule has 1 N–H and O–H groups in total. The number of nitro benzene ring substituents is 1. The molecule has 1 rings (SSSR count). The number of carbonyl (C=O) groups excluding carboxylic acids is 1. The van der Waals surface area contributed by atoms with Crippen molar-refractivity contribution >= 4 is 17.3 Å². The summed E-state index contributed by atoms with van der Waals surface area (Å²) in [7, 11) is 0. The summed E-state index contributed by atoms with van der Waals surface area (Å²) in [6, 6.07) is 4.65. The highest BCUT2D eigenvalue weighted by atomic mass is 16.6. The molecular formula is C9H10N2O3. The van der Waals surface area contributed by atoms with E-state index in [-0.39, 0.29) is 17.3 Å². The molecule has 1 aromatic carbocycles. The number of para-hydroxylation sites is 1. The normalized spacial score (nSPS) is 9.57. The van der Waals surface area contributed by atoms with Crippen LogP contribution in [0.1, 0.15) is 12.5 Å². The van der Waals surface area contributed by atoms with E-state index >= 15 is 0 Å². The van der Waals surface area contributed by atoms with Crippen LogP contribution in [-0.4, -0.2) is 10.8 Å². The van der Waals surface area contributed by atoms with E-state index in [0.717, 1.165) is 0 Å². The van der Waals surface area contributed by atoms with E-state index in [2.05, 4.69) is 5.32 Å². The summed E-state index contributed by atoms with van der Waals surface area (Å²) >= 11 is 0. The Balaban J connectivity index is 3.22. The van der Waals surface area contributed by atoms with E-state index in [1.54, 1.807) is 19.1 Å². The Morgan fingerprint density at radius 1 is 1.50 bits per heavy atom. The van der Waals surface area contributed by atoms with Crippen LogP contribution in [0.2, 0.25) is 0 Å². The first-order valence-corrected chi connectivity index (χ1v) is 4.04. The molecular weight excluding hydrogens is 184 g/mol. The highest BCUT2D eigenvalue weighted by molar-refractivity contribution is 5.92. The van der Waals surface area contributed by atoms with Gasteiger partial charge in [0.15, 0.2) is 0 Å². The third-order valence-corrected chi connectivity index (χ3v) is 1.75. The summed E-state index contributed by atoms with van der Waals surface area (Å²) in [6.07, 6.45) is 0. The maximum Gasteiger partial charge on any atom is 0.293 e. The lowest BCUT2D eigenvalue weighted by Gasteiger charge is -2.05. The summed E-state index contributed by atoms with van der Waals surface area (Å²) in [5, 5.41) is 13.1. The van der Waals surface area contributed by atoms with Gasteiger partial charge in [-0.15, -0.1) is 0 Å². The second-order valence-corrected chi connectivity index (χ2v) is 2.91. The van der Waals surface area contributed by atoms with Gasteiger partial charge in [-0.1, -0.05) is 12.1 Å². The van der Waals surface area contributed by atoms with Gasteiger partial charge in [-0.3, -0.25) is 14.9 Å². The number of hydrogen-bond donors (Lipinski definition) is 1. The van der Waals surface area contributed by atoms with Gasteiger partial charge in [-0.25, -0.2) is 0 Å². The Morgan fingerprint density at radius 2 is 2.14 bits per heavy atom. The fraction of sp³-hybridized carbons (Fsp3) is 0.222. The SMILES string of the molecule is CC(=O)Nc1c(C)cccc1[N+](=O)[O-]. The van der Waals surface area contributed by atoms with Crippen molar-refractivity contribution in [2.75, 3.05) is 5.32 Å². The van der Waals surface area contributed by atoms with Crippen molar-refractivity contribution in [3.8, 4) is 0 Å². The average Bonchev–Trinajstić information content (AvgIpc) is 2.07. The van der Waals surface area contributed by atoms with E-state index in [1.165, 1.54) is 13.0 Å². The molecule has 1 amide bonds. The van der Waals surface area contributed by atoms with Crippen molar-refractivity contribution < 1.29 is 9.72 Å². The van der Waals surface area contributed by atoms with Gasteiger partial charge in [0.2, 0.25) is 5.91 Å². The number of nitrogens with one attached hydrogen (secondary N) is 1. The number of benzene rings is 1. The molecule has 14 heavy (non-hydrogen) atoms. The highest BCUT2D eigenvalue weighted by Gasteiger charge is 2.15. The van der Waals surface area contributed by atoms with Gasteiger partial charge in [0.05, 0.1) is 4.92 Å². The van der Waals surface area contributed by atoms with Crippen LogP contribution in [-0.2, 0) is 4.79 Å². The molecule has 0 bridgehead atoms. The fourth-order valence-electron chi connectivity index (χ4n) is 1.14. The summed E-state index contributed by atoms with van der Waals surface area (Å²) in [5.41, 5.74) is 0.861. The van der Waals surface area contributed by atoms with E-state index in [1.807, 2.05) is 0 Å². The summed E-state index contributed by atoms with van der Waals surface area (Å²) < 4.78 is 0. The standard InChI is InChI=1S/C9H10N2O3/c1-6-4-3-5-8(11(13)14)9(6)10-7(2)12/h3-5H,1-2H3,(H,10,12). The van der Waals surface area contributed by atoms with Gasteiger partial charge in [0.1, 0.15) is 5.69 Å². The fourth-order valence-corrected chi connectivity index (χ4v) is 1.14. The molecule has 0 saturated carbocycles. The lowest BCUT2D eigenvalue weighted by Crippen LogP contribution is -2.09. The molecule has 0 fully saturated rings. The zero-order valence-electron chi connectivity index (χ0n) is 7.90. The Bertz CT molecular complexity index is 388. The third kappa shape index (κ3) is 2.07. The number of rotatable bonds is 2.